The Bertz CT molecular complexity index is 1010. The standard InChI is InChI=1S/C19H15NO5/c1-12-6-2-4-8-15(12)24-17(21)11-20-18(22)14-10-13-7-3-5-9-16(13)25-19(14)23/h2-10H,11H2,1H3,(H,20,22). The van der Waals surface area contributed by atoms with E-state index in [9.17, 15) is 14.4 Å². The molecule has 6 heteroatoms. The summed E-state index contributed by atoms with van der Waals surface area (Å²) in [6.07, 6.45) is 0. The summed E-state index contributed by atoms with van der Waals surface area (Å²) in [5.41, 5.74) is 0.270. The van der Waals surface area contributed by atoms with Gasteiger partial charge in [0.25, 0.3) is 5.91 Å². The van der Waals surface area contributed by atoms with Crippen LogP contribution < -0.4 is 15.7 Å². The van der Waals surface area contributed by atoms with Gasteiger partial charge >= 0.3 is 11.6 Å². The van der Waals surface area contributed by atoms with Gasteiger partial charge in [0.1, 0.15) is 23.4 Å². The summed E-state index contributed by atoms with van der Waals surface area (Å²) < 4.78 is 10.3. The largest absolute Gasteiger partial charge is 0.425 e. The maximum absolute atomic E-state index is 12.2. The Morgan fingerprint density at radius 3 is 2.60 bits per heavy atom. The second-order valence-electron chi connectivity index (χ2n) is 5.41. The second kappa shape index (κ2) is 7.00. The van der Waals surface area contributed by atoms with Crippen LogP contribution in [0, 0.1) is 6.92 Å². The molecule has 2 aromatic carbocycles. The van der Waals surface area contributed by atoms with Gasteiger partial charge in [0.2, 0.25) is 0 Å². The van der Waals surface area contributed by atoms with Crippen LogP contribution >= 0.6 is 0 Å². The Kier molecular flexibility index (Phi) is 4.61. The van der Waals surface area contributed by atoms with Crippen molar-refractivity contribution in [3.63, 3.8) is 0 Å². The van der Waals surface area contributed by atoms with E-state index in [2.05, 4.69) is 5.32 Å². The van der Waals surface area contributed by atoms with Crippen LogP contribution in [0.4, 0.5) is 0 Å². The first-order valence-corrected chi connectivity index (χ1v) is 7.62. The topological polar surface area (TPSA) is 85.6 Å². The van der Waals surface area contributed by atoms with Crippen molar-refractivity contribution in [1.29, 1.82) is 0 Å². The molecule has 25 heavy (non-hydrogen) atoms. The van der Waals surface area contributed by atoms with E-state index in [0.717, 1.165) is 5.56 Å². The van der Waals surface area contributed by atoms with Crippen LogP contribution in [0.15, 0.2) is 63.8 Å². The summed E-state index contributed by atoms with van der Waals surface area (Å²) in [4.78, 5) is 35.9. The average Bonchev–Trinajstić information content (AvgIpc) is 2.61. The van der Waals surface area contributed by atoms with E-state index in [4.69, 9.17) is 9.15 Å². The molecule has 0 spiro atoms. The first kappa shape index (κ1) is 16.4. The number of carbonyl (C=O) groups is 2. The maximum atomic E-state index is 12.2. The molecule has 0 aliphatic rings. The predicted octanol–water partition coefficient (Wildman–Crippen LogP) is 2.44. The molecule has 0 fully saturated rings. The fourth-order valence-corrected chi connectivity index (χ4v) is 2.30. The van der Waals surface area contributed by atoms with Crippen LogP contribution in [0.5, 0.6) is 5.75 Å². The molecule has 0 aliphatic carbocycles. The molecule has 1 amide bonds. The van der Waals surface area contributed by atoms with Crippen molar-refractivity contribution in [2.75, 3.05) is 6.54 Å². The molecule has 0 radical (unpaired) electrons. The van der Waals surface area contributed by atoms with E-state index in [1.807, 2.05) is 19.1 Å². The number of fused-ring (bicyclic) bond motifs is 1. The molecule has 0 atom stereocenters. The van der Waals surface area contributed by atoms with Crippen molar-refractivity contribution in [1.82, 2.24) is 5.32 Å². The van der Waals surface area contributed by atoms with Gasteiger partial charge < -0.3 is 14.5 Å². The van der Waals surface area contributed by atoms with Crippen molar-refractivity contribution in [3.8, 4) is 5.75 Å². The third-order valence-electron chi connectivity index (χ3n) is 3.60. The van der Waals surface area contributed by atoms with Crippen molar-refractivity contribution >= 4 is 22.8 Å². The summed E-state index contributed by atoms with van der Waals surface area (Å²) in [6, 6.07) is 15.3. The molecule has 1 N–H and O–H groups in total. The number of nitrogens with one attached hydrogen (secondary N) is 1. The normalized spacial score (nSPS) is 10.4. The SMILES string of the molecule is Cc1ccccc1OC(=O)CNC(=O)c1cc2ccccc2oc1=O. The van der Waals surface area contributed by atoms with Gasteiger partial charge in [-0.3, -0.25) is 4.79 Å². The lowest BCUT2D eigenvalue weighted by atomic mass is 10.2. The molecule has 0 unspecified atom stereocenters. The van der Waals surface area contributed by atoms with Gasteiger partial charge in [0.05, 0.1) is 0 Å². The minimum absolute atomic E-state index is 0.164. The van der Waals surface area contributed by atoms with Crippen molar-refractivity contribution < 1.29 is 18.7 Å². The average molecular weight is 337 g/mol. The number of rotatable bonds is 4. The van der Waals surface area contributed by atoms with Gasteiger partial charge in [-0.15, -0.1) is 0 Å². The maximum Gasteiger partial charge on any atom is 0.349 e. The van der Waals surface area contributed by atoms with E-state index in [0.29, 0.717) is 16.7 Å². The zero-order valence-corrected chi connectivity index (χ0v) is 13.4. The molecule has 6 nitrogen and oxygen atoms in total. The molecule has 0 bridgehead atoms. The number of carbonyl (C=O) groups excluding carboxylic acids is 2. The highest BCUT2D eigenvalue weighted by Gasteiger charge is 2.15. The van der Waals surface area contributed by atoms with Crippen LogP contribution in [0.1, 0.15) is 15.9 Å². The van der Waals surface area contributed by atoms with Crippen molar-refractivity contribution in [3.05, 3.63) is 76.1 Å². The third kappa shape index (κ3) is 3.74. The van der Waals surface area contributed by atoms with Crippen molar-refractivity contribution in [2.24, 2.45) is 0 Å². The van der Waals surface area contributed by atoms with Gasteiger partial charge in [-0.25, -0.2) is 9.59 Å². The molecule has 3 rings (SSSR count). The van der Waals surface area contributed by atoms with Gasteiger partial charge in [-0.05, 0) is 30.7 Å². The third-order valence-corrected chi connectivity index (χ3v) is 3.60. The van der Waals surface area contributed by atoms with Crippen LogP contribution in [0.25, 0.3) is 11.0 Å². The lowest BCUT2D eigenvalue weighted by Gasteiger charge is -2.08. The smallest absolute Gasteiger partial charge is 0.349 e. The van der Waals surface area contributed by atoms with E-state index in [-0.39, 0.29) is 12.1 Å². The molecule has 3 aromatic rings. The molecule has 1 heterocycles. The Balaban J connectivity index is 1.68. The molecule has 1 aromatic heterocycles. The van der Waals surface area contributed by atoms with Gasteiger partial charge in [0, 0.05) is 5.39 Å². The summed E-state index contributed by atoms with van der Waals surface area (Å²) >= 11 is 0. The van der Waals surface area contributed by atoms with Crippen LogP contribution in [0.2, 0.25) is 0 Å². The van der Waals surface area contributed by atoms with Crippen LogP contribution in [-0.4, -0.2) is 18.4 Å². The highest BCUT2D eigenvalue weighted by atomic mass is 16.5. The van der Waals surface area contributed by atoms with Crippen LogP contribution in [0.3, 0.4) is 0 Å². The van der Waals surface area contributed by atoms with Gasteiger partial charge in [-0.2, -0.15) is 0 Å². The zero-order chi connectivity index (χ0) is 17.8. The lowest BCUT2D eigenvalue weighted by molar-refractivity contribution is -0.133. The summed E-state index contributed by atoms with van der Waals surface area (Å²) in [6.45, 7) is 1.45. The van der Waals surface area contributed by atoms with E-state index in [1.54, 1.807) is 36.4 Å². The Morgan fingerprint density at radius 2 is 1.80 bits per heavy atom. The number of hydrogen-bond donors (Lipinski definition) is 1. The van der Waals surface area contributed by atoms with E-state index < -0.39 is 17.5 Å². The predicted molar refractivity (Wildman–Crippen MR) is 91.6 cm³/mol. The quantitative estimate of drug-likeness (QED) is 0.449. The second-order valence-corrected chi connectivity index (χ2v) is 5.41. The number of amides is 1. The fraction of sp³-hybridized carbons (Fsp3) is 0.105. The first-order chi connectivity index (χ1) is 12.0. The number of para-hydroxylation sites is 2. The van der Waals surface area contributed by atoms with Gasteiger partial charge in [0.15, 0.2) is 0 Å². The molecule has 0 saturated heterocycles. The molecular weight excluding hydrogens is 322 g/mol. The van der Waals surface area contributed by atoms with E-state index >= 15 is 0 Å². The lowest BCUT2D eigenvalue weighted by Crippen LogP contribution is -2.34. The highest BCUT2D eigenvalue weighted by molar-refractivity contribution is 5.98. The van der Waals surface area contributed by atoms with Crippen molar-refractivity contribution in [2.45, 2.75) is 6.92 Å². The molecular formula is C19H15NO5. The zero-order valence-electron chi connectivity index (χ0n) is 13.4. The monoisotopic (exact) mass is 337 g/mol. The molecule has 126 valence electrons. The number of benzene rings is 2. The molecule has 0 saturated carbocycles. The summed E-state index contributed by atoms with van der Waals surface area (Å²) in [5, 5.41) is 2.99. The number of hydrogen-bond acceptors (Lipinski definition) is 5. The number of aryl methyl sites for hydroxylation is 1. The minimum Gasteiger partial charge on any atom is -0.425 e. The van der Waals surface area contributed by atoms with Crippen LogP contribution in [-0.2, 0) is 4.79 Å². The van der Waals surface area contributed by atoms with Gasteiger partial charge in [-0.1, -0.05) is 36.4 Å². The highest BCUT2D eigenvalue weighted by Crippen LogP contribution is 2.16. The first-order valence-electron chi connectivity index (χ1n) is 7.62. The Labute approximate surface area is 143 Å². The number of ether oxygens (including phenoxy) is 1. The molecule has 0 aliphatic heterocycles. The summed E-state index contributed by atoms with van der Waals surface area (Å²) in [7, 11) is 0. The Hall–Kier alpha value is -3.41. The fourth-order valence-electron chi connectivity index (χ4n) is 2.30. The number of esters is 1. The minimum atomic E-state index is -0.761. The van der Waals surface area contributed by atoms with E-state index in [1.165, 1.54) is 6.07 Å². The summed E-state index contributed by atoms with van der Waals surface area (Å²) in [5.74, 6) is -0.902. The Morgan fingerprint density at radius 1 is 1.08 bits per heavy atom.